The lowest BCUT2D eigenvalue weighted by atomic mass is 10.1. The van der Waals surface area contributed by atoms with Crippen LogP contribution in [0.2, 0.25) is 0 Å². The Kier molecular flexibility index (Phi) is 2.71. The number of hydrogen-bond donors (Lipinski definition) is 1. The first-order valence-electron chi connectivity index (χ1n) is 4.13. The van der Waals surface area contributed by atoms with Crippen molar-refractivity contribution < 1.29 is 14.0 Å². The Hall–Kier alpha value is -0.650. The summed E-state index contributed by atoms with van der Waals surface area (Å²) in [7, 11) is 1.49. The summed E-state index contributed by atoms with van der Waals surface area (Å²) in [5.41, 5.74) is 3.20. The zero-order valence-electron chi connectivity index (χ0n) is 7.51. The zero-order valence-corrected chi connectivity index (χ0v) is 9.10. The van der Waals surface area contributed by atoms with Gasteiger partial charge in [0.1, 0.15) is 18.2 Å². The molecule has 0 saturated carbocycles. The molecule has 0 spiro atoms. The molecule has 1 aromatic carbocycles. The van der Waals surface area contributed by atoms with E-state index in [0.29, 0.717) is 17.9 Å². The molecule has 0 radical (unpaired) electrons. The molecule has 0 amide bonds. The van der Waals surface area contributed by atoms with Crippen LogP contribution in [0.1, 0.15) is 11.6 Å². The monoisotopic (exact) mass is 261 g/mol. The van der Waals surface area contributed by atoms with Gasteiger partial charge in [-0.25, -0.2) is 4.39 Å². The quantitative estimate of drug-likeness (QED) is 0.828. The summed E-state index contributed by atoms with van der Waals surface area (Å²) in [4.78, 5) is 4.77. The third kappa shape index (κ3) is 1.51. The first-order valence-corrected chi connectivity index (χ1v) is 4.92. The molecule has 0 fully saturated rings. The topological polar surface area (TPSA) is 30.5 Å². The van der Waals surface area contributed by atoms with Crippen LogP contribution in [0, 0.1) is 5.82 Å². The molecular weight excluding hydrogens is 253 g/mol. The van der Waals surface area contributed by atoms with Gasteiger partial charge in [0.2, 0.25) is 0 Å². The fourth-order valence-electron chi connectivity index (χ4n) is 1.51. The number of hydrogen-bond acceptors (Lipinski definition) is 3. The van der Waals surface area contributed by atoms with Crippen LogP contribution < -0.4 is 10.2 Å². The number of fused-ring (bicyclic) bond motifs is 1. The molecule has 0 aromatic heterocycles. The molecule has 1 unspecified atom stereocenters. The highest BCUT2D eigenvalue weighted by Gasteiger charge is 2.29. The van der Waals surface area contributed by atoms with E-state index in [1.807, 2.05) is 0 Å². The van der Waals surface area contributed by atoms with E-state index in [1.54, 1.807) is 6.07 Å². The fraction of sp³-hybridized carbons (Fsp3) is 0.333. The minimum Gasteiger partial charge on any atom is -0.490 e. The molecule has 1 heterocycles. The van der Waals surface area contributed by atoms with Gasteiger partial charge in [0.15, 0.2) is 0 Å². The SMILES string of the molecule is CONC1COc2c(Br)ccc(F)c21. The summed E-state index contributed by atoms with van der Waals surface area (Å²) in [6.45, 7) is 0.378. The molecule has 1 aliphatic rings. The Morgan fingerprint density at radius 1 is 1.64 bits per heavy atom. The van der Waals surface area contributed by atoms with E-state index in [1.165, 1.54) is 13.2 Å². The maximum atomic E-state index is 13.4. The lowest BCUT2D eigenvalue weighted by Gasteiger charge is -2.09. The van der Waals surface area contributed by atoms with Gasteiger partial charge in [0.05, 0.1) is 23.2 Å². The zero-order chi connectivity index (χ0) is 10.1. The number of benzene rings is 1. The van der Waals surface area contributed by atoms with E-state index in [4.69, 9.17) is 9.57 Å². The number of halogens is 2. The van der Waals surface area contributed by atoms with Crippen molar-refractivity contribution in [2.24, 2.45) is 0 Å². The minimum absolute atomic E-state index is 0.243. The van der Waals surface area contributed by atoms with Crippen molar-refractivity contribution in [3.8, 4) is 5.75 Å². The summed E-state index contributed by atoms with van der Waals surface area (Å²) >= 11 is 3.30. The lowest BCUT2D eigenvalue weighted by Crippen LogP contribution is -2.21. The van der Waals surface area contributed by atoms with Crippen molar-refractivity contribution in [1.29, 1.82) is 0 Å². The Balaban J connectivity index is 2.42. The third-order valence-electron chi connectivity index (χ3n) is 2.10. The highest BCUT2D eigenvalue weighted by atomic mass is 79.9. The summed E-state index contributed by atoms with van der Waals surface area (Å²) in [5, 5.41) is 0. The molecule has 3 nitrogen and oxygen atoms in total. The molecule has 1 N–H and O–H groups in total. The number of rotatable bonds is 2. The second-order valence-corrected chi connectivity index (χ2v) is 3.81. The Morgan fingerprint density at radius 2 is 2.43 bits per heavy atom. The molecular formula is C9H9BrFNO2. The average Bonchev–Trinajstić information content (AvgIpc) is 2.58. The normalized spacial score (nSPS) is 19.2. The second kappa shape index (κ2) is 3.84. The predicted octanol–water partition coefficient (Wildman–Crippen LogP) is 2.17. The molecule has 1 atom stereocenters. The Labute approximate surface area is 89.3 Å². The van der Waals surface area contributed by atoms with E-state index in [-0.39, 0.29) is 11.9 Å². The van der Waals surface area contributed by atoms with Crippen LogP contribution in [0.15, 0.2) is 16.6 Å². The van der Waals surface area contributed by atoms with Crippen LogP contribution in [0.5, 0.6) is 5.75 Å². The molecule has 2 rings (SSSR count). The van der Waals surface area contributed by atoms with Gasteiger partial charge in [-0.1, -0.05) is 0 Å². The Bertz CT molecular complexity index is 359. The van der Waals surface area contributed by atoms with E-state index >= 15 is 0 Å². The molecule has 5 heteroatoms. The third-order valence-corrected chi connectivity index (χ3v) is 2.72. The van der Waals surface area contributed by atoms with Gasteiger partial charge >= 0.3 is 0 Å². The molecule has 0 aliphatic carbocycles. The molecule has 14 heavy (non-hydrogen) atoms. The molecule has 0 bridgehead atoms. The van der Waals surface area contributed by atoms with Gasteiger partial charge < -0.3 is 9.57 Å². The molecule has 76 valence electrons. The van der Waals surface area contributed by atoms with Gasteiger partial charge in [-0.2, -0.15) is 5.48 Å². The average molecular weight is 262 g/mol. The molecule has 1 aliphatic heterocycles. The summed E-state index contributed by atoms with van der Waals surface area (Å²) in [5.74, 6) is 0.273. The molecule has 0 saturated heterocycles. The largest absolute Gasteiger partial charge is 0.490 e. The van der Waals surface area contributed by atoms with Gasteiger partial charge in [-0.3, -0.25) is 0 Å². The first-order chi connectivity index (χ1) is 6.74. The maximum absolute atomic E-state index is 13.4. The standard InChI is InChI=1S/C9H9BrFNO2/c1-13-12-7-4-14-9-5(10)2-3-6(11)8(7)9/h2-3,7,12H,4H2,1H3. The van der Waals surface area contributed by atoms with Gasteiger partial charge in [0, 0.05) is 0 Å². The first kappa shape index (κ1) is 9.89. The minimum atomic E-state index is -0.282. The number of ether oxygens (including phenoxy) is 1. The van der Waals surface area contributed by atoms with Crippen molar-refractivity contribution in [2.75, 3.05) is 13.7 Å². The number of nitrogens with one attached hydrogen (secondary N) is 1. The van der Waals surface area contributed by atoms with Crippen LogP contribution in [-0.2, 0) is 4.84 Å². The van der Waals surface area contributed by atoms with Crippen LogP contribution in [0.25, 0.3) is 0 Å². The predicted molar refractivity (Wildman–Crippen MR) is 52.5 cm³/mol. The highest BCUT2D eigenvalue weighted by Crippen LogP contribution is 2.39. The fourth-order valence-corrected chi connectivity index (χ4v) is 1.97. The van der Waals surface area contributed by atoms with Crippen molar-refractivity contribution in [2.45, 2.75) is 6.04 Å². The van der Waals surface area contributed by atoms with Gasteiger partial charge in [-0.15, -0.1) is 0 Å². The van der Waals surface area contributed by atoms with Crippen molar-refractivity contribution in [1.82, 2.24) is 5.48 Å². The maximum Gasteiger partial charge on any atom is 0.141 e. The van der Waals surface area contributed by atoms with Crippen molar-refractivity contribution in [3.05, 3.63) is 28.0 Å². The van der Waals surface area contributed by atoms with Crippen LogP contribution in [0.4, 0.5) is 4.39 Å². The van der Waals surface area contributed by atoms with Crippen molar-refractivity contribution >= 4 is 15.9 Å². The van der Waals surface area contributed by atoms with Crippen LogP contribution >= 0.6 is 15.9 Å². The lowest BCUT2D eigenvalue weighted by molar-refractivity contribution is 0.0528. The summed E-state index contributed by atoms with van der Waals surface area (Å²) < 4.78 is 19.6. The van der Waals surface area contributed by atoms with Gasteiger partial charge in [0.25, 0.3) is 0 Å². The van der Waals surface area contributed by atoms with E-state index < -0.39 is 0 Å². The van der Waals surface area contributed by atoms with Crippen LogP contribution in [-0.4, -0.2) is 13.7 Å². The van der Waals surface area contributed by atoms with E-state index in [9.17, 15) is 4.39 Å². The smallest absolute Gasteiger partial charge is 0.141 e. The summed E-state index contributed by atoms with van der Waals surface area (Å²) in [6.07, 6.45) is 0. The summed E-state index contributed by atoms with van der Waals surface area (Å²) in [6, 6.07) is 2.79. The van der Waals surface area contributed by atoms with E-state index in [2.05, 4.69) is 21.4 Å². The number of hydroxylamine groups is 1. The van der Waals surface area contributed by atoms with Crippen molar-refractivity contribution in [3.63, 3.8) is 0 Å². The molecule has 1 aromatic rings. The van der Waals surface area contributed by atoms with Crippen LogP contribution in [0.3, 0.4) is 0 Å². The Morgan fingerprint density at radius 3 is 3.14 bits per heavy atom. The second-order valence-electron chi connectivity index (χ2n) is 2.96. The highest BCUT2D eigenvalue weighted by molar-refractivity contribution is 9.10. The van der Waals surface area contributed by atoms with Gasteiger partial charge in [-0.05, 0) is 28.1 Å². The van der Waals surface area contributed by atoms with E-state index in [0.717, 1.165) is 4.47 Å².